The first-order valence-electron chi connectivity index (χ1n) is 4.75. The summed E-state index contributed by atoms with van der Waals surface area (Å²) in [6.45, 7) is 5.24. The first kappa shape index (κ1) is 12.9. The van der Waals surface area contributed by atoms with Crippen LogP contribution in [0.2, 0.25) is 0 Å². The summed E-state index contributed by atoms with van der Waals surface area (Å²) in [7, 11) is -4.26. The number of rotatable bonds is 2. The van der Waals surface area contributed by atoms with Gasteiger partial charge in [-0.2, -0.15) is 8.42 Å². The number of Topliss-reactive ketones (excluding diaryl/α,β-unsaturated/α-hetero) is 1. The zero-order valence-corrected chi connectivity index (χ0v) is 10.2. The molecule has 5 heteroatoms. The molecule has 0 amide bonds. The maximum atomic E-state index is 11.9. The van der Waals surface area contributed by atoms with Crippen LogP contribution in [0.4, 0.5) is 0 Å². The lowest BCUT2D eigenvalue weighted by Crippen LogP contribution is -2.20. The molecule has 1 rings (SSSR count). The number of hydrogen-bond acceptors (Lipinski definition) is 3. The summed E-state index contributed by atoms with van der Waals surface area (Å²) < 4.78 is 30.7. The normalized spacial score (nSPS) is 12.5. The van der Waals surface area contributed by atoms with E-state index in [0.717, 1.165) is 0 Å². The molecule has 0 heterocycles. The SMILES string of the molecule is CC(C)(C)C(=O)c1cccc(S(=O)(=O)O)c1. The molecule has 16 heavy (non-hydrogen) atoms. The Morgan fingerprint density at radius 3 is 2.25 bits per heavy atom. The molecule has 0 spiro atoms. The highest BCUT2D eigenvalue weighted by molar-refractivity contribution is 7.85. The van der Waals surface area contributed by atoms with Gasteiger partial charge in [0.05, 0.1) is 4.90 Å². The molecule has 0 bridgehead atoms. The molecule has 0 aliphatic carbocycles. The highest BCUT2D eigenvalue weighted by Gasteiger charge is 2.23. The third-order valence-electron chi connectivity index (χ3n) is 2.08. The maximum Gasteiger partial charge on any atom is 0.294 e. The van der Waals surface area contributed by atoms with Gasteiger partial charge in [-0.1, -0.05) is 32.9 Å². The van der Waals surface area contributed by atoms with Crippen molar-refractivity contribution in [3.8, 4) is 0 Å². The van der Waals surface area contributed by atoms with E-state index in [4.69, 9.17) is 4.55 Å². The van der Waals surface area contributed by atoms with Crippen LogP contribution in [0.15, 0.2) is 29.2 Å². The van der Waals surface area contributed by atoms with E-state index in [1.807, 2.05) is 0 Å². The number of benzene rings is 1. The molecule has 88 valence electrons. The fourth-order valence-electron chi connectivity index (χ4n) is 1.23. The van der Waals surface area contributed by atoms with E-state index < -0.39 is 15.5 Å². The summed E-state index contributed by atoms with van der Waals surface area (Å²) in [5.74, 6) is -0.169. The van der Waals surface area contributed by atoms with Gasteiger partial charge in [0.2, 0.25) is 0 Å². The zero-order chi connectivity index (χ0) is 12.6. The monoisotopic (exact) mass is 242 g/mol. The van der Waals surface area contributed by atoms with E-state index >= 15 is 0 Å². The van der Waals surface area contributed by atoms with Crippen LogP contribution in [0, 0.1) is 5.41 Å². The number of ketones is 1. The Balaban J connectivity index is 3.25. The van der Waals surface area contributed by atoms with Crippen LogP contribution in [-0.4, -0.2) is 18.8 Å². The second-order valence-electron chi connectivity index (χ2n) is 4.58. The van der Waals surface area contributed by atoms with Gasteiger partial charge in [-0.3, -0.25) is 9.35 Å². The van der Waals surface area contributed by atoms with Crippen LogP contribution < -0.4 is 0 Å². The van der Waals surface area contributed by atoms with Crippen molar-refractivity contribution in [2.45, 2.75) is 25.7 Å². The Morgan fingerprint density at radius 1 is 1.25 bits per heavy atom. The van der Waals surface area contributed by atoms with Gasteiger partial charge in [-0.05, 0) is 12.1 Å². The van der Waals surface area contributed by atoms with E-state index in [2.05, 4.69) is 0 Å². The van der Waals surface area contributed by atoms with Crippen LogP contribution >= 0.6 is 0 Å². The fourth-order valence-corrected chi connectivity index (χ4v) is 1.76. The third kappa shape index (κ3) is 2.90. The molecule has 1 aromatic carbocycles. The Hall–Kier alpha value is -1.20. The Kier molecular flexibility index (Phi) is 3.21. The predicted molar refractivity (Wildman–Crippen MR) is 60.0 cm³/mol. The van der Waals surface area contributed by atoms with Gasteiger partial charge in [-0.15, -0.1) is 0 Å². The molecule has 0 aliphatic rings. The average Bonchev–Trinajstić information content (AvgIpc) is 2.14. The summed E-state index contributed by atoms with van der Waals surface area (Å²) >= 11 is 0. The largest absolute Gasteiger partial charge is 0.294 e. The van der Waals surface area contributed by atoms with E-state index in [1.54, 1.807) is 20.8 Å². The highest BCUT2D eigenvalue weighted by atomic mass is 32.2. The molecular weight excluding hydrogens is 228 g/mol. The number of carbonyl (C=O) groups excluding carboxylic acids is 1. The first-order chi connectivity index (χ1) is 7.12. The molecule has 0 radical (unpaired) electrons. The molecule has 0 aliphatic heterocycles. The average molecular weight is 242 g/mol. The molecule has 0 saturated carbocycles. The molecule has 0 saturated heterocycles. The second-order valence-corrected chi connectivity index (χ2v) is 6.00. The smallest absolute Gasteiger partial charge is 0.294 e. The van der Waals surface area contributed by atoms with Gasteiger partial charge in [0.15, 0.2) is 5.78 Å². The minimum absolute atomic E-state index is 0.169. The Bertz CT molecular complexity index is 509. The molecule has 0 fully saturated rings. The van der Waals surface area contributed by atoms with E-state index in [-0.39, 0.29) is 16.2 Å². The lowest BCUT2D eigenvalue weighted by Gasteiger charge is -2.16. The second kappa shape index (κ2) is 3.99. The minimum atomic E-state index is -4.26. The molecular formula is C11H14O4S. The summed E-state index contributed by atoms with van der Waals surface area (Å²) in [6.07, 6.45) is 0. The molecule has 1 aromatic rings. The van der Waals surface area contributed by atoms with E-state index in [0.29, 0.717) is 0 Å². The van der Waals surface area contributed by atoms with Crippen molar-refractivity contribution in [2.24, 2.45) is 5.41 Å². The predicted octanol–water partition coefficient (Wildman–Crippen LogP) is 2.16. The van der Waals surface area contributed by atoms with Crippen molar-refractivity contribution in [3.63, 3.8) is 0 Å². The topological polar surface area (TPSA) is 71.4 Å². The Labute approximate surface area is 95.0 Å². The quantitative estimate of drug-likeness (QED) is 0.637. The van der Waals surface area contributed by atoms with Gasteiger partial charge < -0.3 is 0 Å². The Morgan fingerprint density at radius 2 is 1.81 bits per heavy atom. The summed E-state index contributed by atoms with van der Waals surface area (Å²) in [4.78, 5) is 11.6. The lowest BCUT2D eigenvalue weighted by molar-refractivity contribution is 0.0858. The minimum Gasteiger partial charge on any atom is -0.294 e. The van der Waals surface area contributed by atoms with Crippen LogP contribution in [0.5, 0.6) is 0 Å². The highest BCUT2D eigenvalue weighted by Crippen LogP contribution is 2.22. The van der Waals surface area contributed by atoms with Crippen LogP contribution in [0.25, 0.3) is 0 Å². The van der Waals surface area contributed by atoms with Gasteiger partial charge in [-0.25, -0.2) is 0 Å². The molecule has 0 unspecified atom stereocenters. The van der Waals surface area contributed by atoms with Crippen LogP contribution in [0.3, 0.4) is 0 Å². The first-order valence-corrected chi connectivity index (χ1v) is 6.19. The van der Waals surface area contributed by atoms with Crippen LogP contribution in [0.1, 0.15) is 31.1 Å². The summed E-state index contributed by atoms with van der Waals surface area (Å²) in [5.41, 5.74) is -0.305. The van der Waals surface area contributed by atoms with Crippen molar-refractivity contribution in [1.82, 2.24) is 0 Å². The van der Waals surface area contributed by atoms with E-state index in [1.165, 1.54) is 24.3 Å². The van der Waals surface area contributed by atoms with Gasteiger partial charge >= 0.3 is 0 Å². The molecule has 0 atom stereocenters. The van der Waals surface area contributed by atoms with E-state index in [9.17, 15) is 13.2 Å². The van der Waals surface area contributed by atoms with Crippen molar-refractivity contribution in [1.29, 1.82) is 0 Å². The van der Waals surface area contributed by atoms with Crippen molar-refractivity contribution in [3.05, 3.63) is 29.8 Å². The maximum absolute atomic E-state index is 11.9. The van der Waals surface area contributed by atoms with Crippen LogP contribution in [-0.2, 0) is 10.1 Å². The standard InChI is InChI=1S/C11H14O4S/c1-11(2,3)10(12)8-5-4-6-9(7-8)16(13,14)15/h4-7H,1-3H3,(H,13,14,15). The van der Waals surface area contributed by atoms with Crippen molar-refractivity contribution < 1.29 is 17.8 Å². The molecule has 0 aromatic heterocycles. The van der Waals surface area contributed by atoms with Crippen molar-refractivity contribution >= 4 is 15.9 Å². The van der Waals surface area contributed by atoms with Gasteiger partial charge in [0.1, 0.15) is 0 Å². The van der Waals surface area contributed by atoms with Gasteiger partial charge in [0.25, 0.3) is 10.1 Å². The molecule has 4 nitrogen and oxygen atoms in total. The summed E-state index contributed by atoms with van der Waals surface area (Å²) in [5, 5.41) is 0. The van der Waals surface area contributed by atoms with Crippen molar-refractivity contribution in [2.75, 3.05) is 0 Å². The fraction of sp³-hybridized carbons (Fsp3) is 0.364. The number of carbonyl (C=O) groups is 1. The zero-order valence-electron chi connectivity index (χ0n) is 9.39. The summed E-state index contributed by atoms with van der Waals surface area (Å²) in [6, 6.07) is 5.39. The third-order valence-corrected chi connectivity index (χ3v) is 2.92. The number of hydrogen-bond donors (Lipinski definition) is 1. The molecule has 1 N–H and O–H groups in total. The van der Waals surface area contributed by atoms with Gasteiger partial charge in [0, 0.05) is 11.0 Å². The lowest BCUT2D eigenvalue weighted by atomic mass is 9.87.